The Morgan fingerprint density at radius 1 is 0.958 bits per heavy atom. The van der Waals surface area contributed by atoms with Crippen molar-refractivity contribution < 1.29 is 9.90 Å². The number of aryl methyl sites for hydroxylation is 2. The first-order valence-electron chi connectivity index (χ1n) is 7.53. The molecular weight excluding hydrogens is 302 g/mol. The second-order valence-electron chi connectivity index (χ2n) is 5.50. The van der Waals surface area contributed by atoms with Crippen LogP contribution in [-0.4, -0.2) is 15.9 Å². The number of hydrogen-bond acceptors (Lipinski definition) is 5. The summed E-state index contributed by atoms with van der Waals surface area (Å²) in [7, 11) is 0. The van der Waals surface area contributed by atoms with Crippen molar-refractivity contribution in [2.24, 2.45) is 0 Å². The van der Waals surface area contributed by atoms with Gasteiger partial charge in [-0.05, 0) is 26.0 Å². The van der Waals surface area contributed by atoms with Crippen LogP contribution in [0, 0.1) is 13.8 Å². The van der Waals surface area contributed by atoms with E-state index >= 15 is 0 Å². The van der Waals surface area contributed by atoms with Crippen molar-refractivity contribution in [1.29, 1.82) is 0 Å². The average Bonchev–Trinajstić information content (AvgIpc) is 2.57. The van der Waals surface area contributed by atoms with Crippen molar-refractivity contribution in [2.45, 2.75) is 13.8 Å². The molecule has 1 heterocycles. The molecule has 0 aliphatic carbocycles. The lowest BCUT2D eigenvalue weighted by atomic mass is 10.1. The van der Waals surface area contributed by atoms with Gasteiger partial charge in [-0.1, -0.05) is 48.0 Å². The van der Waals surface area contributed by atoms with Crippen LogP contribution in [0.4, 0.5) is 11.5 Å². The first kappa shape index (κ1) is 15.7. The monoisotopic (exact) mass is 318 g/mol. The quantitative estimate of drug-likeness (QED) is 0.800. The third kappa shape index (κ3) is 3.25. The summed E-state index contributed by atoms with van der Waals surface area (Å²) in [5, 5.41) is 14.6. The molecule has 0 atom stereocenters. The summed E-state index contributed by atoms with van der Waals surface area (Å²) in [5.74, 6) is -0.611. The Kier molecular flexibility index (Phi) is 4.24. The minimum Gasteiger partial charge on any atom is -0.545 e. The van der Waals surface area contributed by atoms with Gasteiger partial charge in [-0.2, -0.15) is 0 Å². The van der Waals surface area contributed by atoms with Gasteiger partial charge < -0.3 is 15.2 Å². The number of aromatic carboxylic acids is 1. The number of rotatable bonds is 4. The number of carbonyl (C=O) groups excluding carboxylic acids is 1. The summed E-state index contributed by atoms with van der Waals surface area (Å²) in [4.78, 5) is 20.2. The summed E-state index contributed by atoms with van der Waals surface area (Å²) >= 11 is 0. The number of benzene rings is 2. The molecule has 1 N–H and O–H groups in total. The van der Waals surface area contributed by atoms with Crippen molar-refractivity contribution >= 4 is 17.5 Å². The summed E-state index contributed by atoms with van der Waals surface area (Å²) in [6.45, 7) is 3.62. The van der Waals surface area contributed by atoms with E-state index in [0.717, 1.165) is 16.8 Å². The van der Waals surface area contributed by atoms with Crippen molar-refractivity contribution in [3.05, 3.63) is 71.4 Å². The van der Waals surface area contributed by atoms with Gasteiger partial charge in [-0.3, -0.25) is 0 Å². The van der Waals surface area contributed by atoms with Crippen LogP contribution in [0.2, 0.25) is 0 Å². The molecule has 120 valence electrons. The van der Waals surface area contributed by atoms with Crippen LogP contribution in [0.1, 0.15) is 21.6 Å². The molecule has 0 saturated heterocycles. The zero-order valence-electron chi connectivity index (χ0n) is 13.4. The molecule has 5 heteroatoms. The Hall–Kier alpha value is -3.21. The van der Waals surface area contributed by atoms with Crippen molar-refractivity contribution in [1.82, 2.24) is 9.97 Å². The van der Waals surface area contributed by atoms with Crippen molar-refractivity contribution in [3.63, 3.8) is 0 Å². The van der Waals surface area contributed by atoms with Crippen molar-refractivity contribution in [2.75, 3.05) is 5.32 Å². The highest BCUT2D eigenvalue weighted by molar-refractivity contribution is 5.94. The topological polar surface area (TPSA) is 77.9 Å². The van der Waals surface area contributed by atoms with Gasteiger partial charge in [0.05, 0.1) is 17.2 Å². The standard InChI is InChI=1S/C19H17N3O2/c1-12-8-10-15(11-9-12)21-18-16(19(23)24)13(2)20-17(22-18)14-6-4-3-5-7-14/h3-11H,1-2H3,(H,23,24)(H,20,21,22)/p-1. The Morgan fingerprint density at radius 2 is 1.62 bits per heavy atom. The van der Waals surface area contributed by atoms with E-state index in [9.17, 15) is 9.90 Å². The van der Waals surface area contributed by atoms with E-state index in [2.05, 4.69) is 15.3 Å². The van der Waals surface area contributed by atoms with Crippen molar-refractivity contribution in [3.8, 4) is 11.4 Å². The summed E-state index contributed by atoms with van der Waals surface area (Å²) in [6, 6.07) is 17.0. The number of aromatic nitrogens is 2. The van der Waals surface area contributed by atoms with Gasteiger partial charge in [0.1, 0.15) is 5.82 Å². The van der Waals surface area contributed by atoms with Crippen LogP contribution in [0.5, 0.6) is 0 Å². The van der Waals surface area contributed by atoms with Crippen LogP contribution in [0.3, 0.4) is 0 Å². The first-order valence-corrected chi connectivity index (χ1v) is 7.53. The molecule has 5 nitrogen and oxygen atoms in total. The Bertz CT molecular complexity index is 875. The molecule has 0 saturated carbocycles. The highest BCUT2D eigenvalue weighted by Gasteiger charge is 2.14. The molecule has 0 fully saturated rings. The fraction of sp³-hybridized carbons (Fsp3) is 0.105. The predicted molar refractivity (Wildman–Crippen MR) is 91.0 cm³/mol. The molecule has 0 radical (unpaired) electrons. The molecule has 0 spiro atoms. The fourth-order valence-electron chi connectivity index (χ4n) is 2.40. The largest absolute Gasteiger partial charge is 0.545 e. The maximum absolute atomic E-state index is 11.5. The number of nitrogens with zero attached hydrogens (tertiary/aromatic N) is 2. The number of carbonyl (C=O) groups is 1. The minimum atomic E-state index is -1.30. The number of carboxylic acids is 1. The van der Waals surface area contributed by atoms with E-state index in [1.165, 1.54) is 0 Å². The van der Waals surface area contributed by atoms with E-state index in [1.807, 2.05) is 61.5 Å². The Labute approximate surface area is 140 Å². The van der Waals surface area contributed by atoms with E-state index in [-0.39, 0.29) is 11.4 Å². The van der Waals surface area contributed by atoms with Crippen LogP contribution in [0.25, 0.3) is 11.4 Å². The lowest BCUT2D eigenvalue weighted by molar-refractivity contribution is -0.255. The van der Waals surface area contributed by atoms with Crippen LogP contribution in [0.15, 0.2) is 54.6 Å². The molecule has 0 bridgehead atoms. The Morgan fingerprint density at radius 3 is 2.25 bits per heavy atom. The normalized spacial score (nSPS) is 10.4. The molecule has 0 unspecified atom stereocenters. The van der Waals surface area contributed by atoms with Gasteiger partial charge in [0.2, 0.25) is 0 Å². The SMILES string of the molecule is Cc1ccc(Nc2nc(-c3ccccc3)nc(C)c2C(=O)[O-])cc1. The third-order valence-corrected chi connectivity index (χ3v) is 3.64. The zero-order chi connectivity index (χ0) is 17.1. The first-order chi connectivity index (χ1) is 11.5. The Balaban J connectivity index is 2.09. The minimum absolute atomic E-state index is 0.0322. The third-order valence-electron chi connectivity index (χ3n) is 3.64. The summed E-state index contributed by atoms with van der Waals surface area (Å²) < 4.78 is 0. The van der Waals surface area contributed by atoms with Gasteiger partial charge in [-0.15, -0.1) is 0 Å². The average molecular weight is 318 g/mol. The number of nitrogens with one attached hydrogen (secondary N) is 1. The number of carboxylic acid groups (broad SMARTS) is 1. The van der Waals surface area contributed by atoms with Gasteiger partial charge in [0, 0.05) is 11.3 Å². The smallest absolute Gasteiger partial charge is 0.161 e. The molecular formula is C19H16N3O2-. The maximum Gasteiger partial charge on any atom is 0.161 e. The summed E-state index contributed by atoms with van der Waals surface area (Å²) in [6.07, 6.45) is 0. The maximum atomic E-state index is 11.5. The van der Waals surface area contributed by atoms with Crippen LogP contribution >= 0.6 is 0 Å². The van der Waals surface area contributed by atoms with E-state index in [0.29, 0.717) is 11.5 Å². The number of hydrogen-bond donors (Lipinski definition) is 1. The van der Waals surface area contributed by atoms with Gasteiger partial charge in [0.25, 0.3) is 0 Å². The van der Waals surface area contributed by atoms with Gasteiger partial charge >= 0.3 is 0 Å². The molecule has 3 aromatic rings. The summed E-state index contributed by atoms with van der Waals surface area (Å²) in [5.41, 5.74) is 3.01. The predicted octanol–water partition coefficient (Wildman–Crippen LogP) is 2.87. The van der Waals surface area contributed by atoms with E-state index in [1.54, 1.807) is 6.92 Å². The molecule has 3 rings (SSSR count). The second kappa shape index (κ2) is 6.50. The van der Waals surface area contributed by atoms with Gasteiger partial charge in [-0.25, -0.2) is 9.97 Å². The second-order valence-corrected chi connectivity index (χ2v) is 5.50. The molecule has 24 heavy (non-hydrogen) atoms. The molecule has 0 aliphatic heterocycles. The lowest BCUT2D eigenvalue weighted by Gasteiger charge is -2.15. The lowest BCUT2D eigenvalue weighted by Crippen LogP contribution is -2.25. The zero-order valence-corrected chi connectivity index (χ0v) is 13.4. The molecule has 1 aromatic heterocycles. The van der Waals surface area contributed by atoms with Gasteiger partial charge in [0.15, 0.2) is 5.82 Å². The van der Waals surface area contributed by atoms with E-state index in [4.69, 9.17) is 0 Å². The highest BCUT2D eigenvalue weighted by Crippen LogP contribution is 2.25. The van der Waals surface area contributed by atoms with E-state index < -0.39 is 5.97 Å². The van der Waals surface area contributed by atoms with Crippen LogP contribution in [-0.2, 0) is 0 Å². The molecule has 0 aliphatic rings. The number of anilines is 2. The fourth-order valence-corrected chi connectivity index (χ4v) is 2.40. The highest BCUT2D eigenvalue weighted by atomic mass is 16.4. The molecule has 0 amide bonds. The van der Waals surface area contributed by atoms with Crippen LogP contribution < -0.4 is 10.4 Å². The molecule has 2 aromatic carbocycles.